The number of halogens is 1. The van der Waals surface area contributed by atoms with Crippen molar-refractivity contribution in [2.24, 2.45) is 0 Å². The Morgan fingerprint density at radius 3 is 3.00 bits per heavy atom. The van der Waals surface area contributed by atoms with E-state index in [0.717, 1.165) is 22.5 Å². The number of pyridine rings is 1. The SMILES string of the molecule is Brc1ncccc1NC1CCSc2ccccc21. The Hall–Kier alpha value is -1.00. The second kappa shape index (κ2) is 5.33. The highest BCUT2D eigenvalue weighted by atomic mass is 79.9. The van der Waals surface area contributed by atoms with Crippen LogP contribution in [0.5, 0.6) is 0 Å². The molecular weight excluding hydrogens is 308 g/mol. The van der Waals surface area contributed by atoms with E-state index < -0.39 is 0 Å². The lowest BCUT2D eigenvalue weighted by Crippen LogP contribution is -2.16. The number of benzene rings is 1. The van der Waals surface area contributed by atoms with E-state index in [9.17, 15) is 0 Å². The molecule has 2 nitrogen and oxygen atoms in total. The number of rotatable bonds is 2. The Morgan fingerprint density at radius 2 is 2.11 bits per heavy atom. The minimum Gasteiger partial charge on any atom is -0.376 e. The van der Waals surface area contributed by atoms with Crippen LogP contribution in [0.1, 0.15) is 18.0 Å². The Labute approximate surface area is 119 Å². The monoisotopic (exact) mass is 320 g/mol. The summed E-state index contributed by atoms with van der Waals surface area (Å²) < 4.78 is 0.876. The van der Waals surface area contributed by atoms with Gasteiger partial charge in [0, 0.05) is 16.8 Å². The minimum absolute atomic E-state index is 0.378. The fourth-order valence-corrected chi connectivity index (χ4v) is 3.66. The molecule has 0 saturated carbocycles. The van der Waals surface area contributed by atoms with Crippen LogP contribution in [0.15, 0.2) is 52.1 Å². The average molecular weight is 321 g/mol. The van der Waals surface area contributed by atoms with E-state index in [0.29, 0.717) is 6.04 Å². The average Bonchev–Trinajstić information content (AvgIpc) is 2.42. The van der Waals surface area contributed by atoms with Crippen LogP contribution >= 0.6 is 27.7 Å². The van der Waals surface area contributed by atoms with E-state index in [-0.39, 0.29) is 0 Å². The van der Waals surface area contributed by atoms with Gasteiger partial charge in [-0.2, -0.15) is 0 Å². The molecule has 2 aromatic rings. The van der Waals surface area contributed by atoms with Gasteiger partial charge < -0.3 is 5.32 Å². The van der Waals surface area contributed by atoms with Crippen molar-refractivity contribution in [3.05, 3.63) is 52.8 Å². The van der Waals surface area contributed by atoms with Crippen molar-refractivity contribution >= 4 is 33.4 Å². The first-order chi connectivity index (χ1) is 8.84. The zero-order valence-corrected chi connectivity index (χ0v) is 12.2. The van der Waals surface area contributed by atoms with Crippen LogP contribution in [0.25, 0.3) is 0 Å². The van der Waals surface area contributed by atoms with Crippen LogP contribution in [0.4, 0.5) is 5.69 Å². The predicted octanol–water partition coefficient (Wildman–Crippen LogP) is 4.49. The van der Waals surface area contributed by atoms with E-state index in [1.807, 2.05) is 17.8 Å². The number of anilines is 1. The van der Waals surface area contributed by atoms with Gasteiger partial charge in [-0.25, -0.2) is 4.98 Å². The molecule has 0 spiro atoms. The number of aromatic nitrogens is 1. The molecule has 0 bridgehead atoms. The molecule has 1 N–H and O–H groups in total. The van der Waals surface area contributed by atoms with E-state index in [2.05, 4.69) is 56.6 Å². The van der Waals surface area contributed by atoms with Gasteiger partial charge in [0.15, 0.2) is 0 Å². The maximum atomic E-state index is 4.25. The molecule has 1 aliphatic heterocycles. The summed E-state index contributed by atoms with van der Waals surface area (Å²) in [4.78, 5) is 5.64. The van der Waals surface area contributed by atoms with Crippen molar-refractivity contribution in [1.29, 1.82) is 0 Å². The van der Waals surface area contributed by atoms with Crippen molar-refractivity contribution in [3.63, 3.8) is 0 Å². The van der Waals surface area contributed by atoms with Crippen LogP contribution in [0.2, 0.25) is 0 Å². The predicted molar refractivity (Wildman–Crippen MR) is 80.1 cm³/mol. The maximum absolute atomic E-state index is 4.25. The van der Waals surface area contributed by atoms with Gasteiger partial charge in [-0.3, -0.25) is 0 Å². The van der Waals surface area contributed by atoms with Crippen LogP contribution in [0, 0.1) is 0 Å². The molecule has 92 valence electrons. The third kappa shape index (κ3) is 2.40. The van der Waals surface area contributed by atoms with Crippen molar-refractivity contribution in [2.45, 2.75) is 17.4 Å². The van der Waals surface area contributed by atoms with Gasteiger partial charge >= 0.3 is 0 Å². The molecule has 0 radical (unpaired) electrons. The standard InChI is InChI=1S/C14H13BrN2S/c15-14-12(5-3-8-16-14)17-11-7-9-18-13-6-2-1-4-10(11)13/h1-6,8,11,17H,7,9H2. The van der Waals surface area contributed by atoms with Gasteiger partial charge in [0.2, 0.25) is 0 Å². The first kappa shape index (κ1) is 12.1. The number of hydrogen-bond acceptors (Lipinski definition) is 3. The molecule has 1 unspecified atom stereocenters. The lowest BCUT2D eigenvalue weighted by atomic mass is 10.0. The zero-order chi connectivity index (χ0) is 12.4. The highest BCUT2D eigenvalue weighted by Crippen LogP contribution is 2.38. The number of hydrogen-bond donors (Lipinski definition) is 1. The summed E-state index contributed by atoms with van der Waals surface area (Å²) in [6, 6.07) is 13.0. The topological polar surface area (TPSA) is 24.9 Å². The van der Waals surface area contributed by atoms with Gasteiger partial charge in [-0.05, 0) is 46.1 Å². The van der Waals surface area contributed by atoms with Crippen molar-refractivity contribution in [2.75, 3.05) is 11.1 Å². The van der Waals surface area contributed by atoms with Crippen LogP contribution < -0.4 is 5.32 Å². The first-order valence-electron chi connectivity index (χ1n) is 5.93. The third-order valence-corrected chi connectivity index (χ3v) is 4.80. The molecule has 3 rings (SSSR count). The van der Waals surface area contributed by atoms with Gasteiger partial charge in [0.1, 0.15) is 4.60 Å². The largest absolute Gasteiger partial charge is 0.376 e. The van der Waals surface area contributed by atoms with E-state index in [1.165, 1.54) is 10.5 Å². The molecule has 0 saturated heterocycles. The summed E-state index contributed by atoms with van der Waals surface area (Å²) in [5, 5.41) is 3.58. The summed E-state index contributed by atoms with van der Waals surface area (Å²) in [6.07, 6.45) is 2.93. The quantitative estimate of drug-likeness (QED) is 0.825. The molecule has 1 aromatic carbocycles. The third-order valence-electron chi connectivity index (χ3n) is 3.05. The van der Waals surface area contributed by atoms with Crippen LogP contribution in [0.3, 0.4) is 0 Å². The van der Waals surface area contributed by atoms with Crippen LogP contribution in [-0.4, -0.2) is 10.7 Å². The molecule has 1 atom stereocenters. The Bertz CT molecular complexity index is 559. The molecule has 0 amide bonds. The molecule has 0 fully saturated rings. The van der Waals surface area contributed by atoms with Gasteiger partial charge in [0.05, 0.1) is 11.7 Å². The normalized spacial score (nSPS) is 18.2. The van der Waals surface area contributed by atoms with Gasteiger partial charge in [-0.1, -0.05) is 18.2 Å². The summed E-state index contributed by atoms with van der Waals surface area (Å²) in [7, 11) is 0. The summed E-state index contributed by atoms with van der Waals surface area (Å²) >= 11 is 5.42. The van der Waals surface area contributed by atoms with E-state index >= 15 is 0 Å². The Balaban J connectivity index is 1.89. The van der Waals surface area contributed by atoms with E-state index in [4.69, 9.17) is 0 Å². The first-order valence-corrected chi connectivity index (χ1v) is 7.71. The molecule has 4 heteroatoms. The number of fused-ring (bicyclic) bond motifs is 1. The smallest absolute Gasteiger partial charge is 0.129 e. The lowest BCUT2D eigenvalue weighted by Gasteiger charge is -2.26. The fraction of sp³-hybridized carbons (Fsp3) is 0.214. The Kier molecular flexibility index (Phi) is 3.57. The maximum Gasteiger partial charge on any atom is 0.129 e. The van der Waals surface area contributed by atoms with Crippen molar-refractivity contribution in [1.82, 2.24) is 4.98 Å². The van der Waals surface area contributed by atoms with Crippen molar-refractivity contribution < 1.29 is 0 Å². The molecule has 18 heavy (non-hydrogen) atoms. The second-order valence-corrected chi connectivity index (χ2v) is 6.10. The van der Waals surface area contributed by atoms with Crippen LogP contribution in [-0.2, 0) is 0 Å². The number of nitrogens with zero attached hydrogens (tertiary/aromatic N) is 1. The summed E-state index contributed by atoms with van der Waals surface area (Å²) in [5.41, 5.74) is 2.45. The molecule has 1 aliphatic rings. The lowest BCUT2D eigenvalue weighted by molar-refractivity contribution is 0.727. The fourth-order valence-electron chi connectivity index (χ4n) is 2.17. The minimum atomic E-state index is 0.378. The molecule has 1 aromatic heterocycles. The van der Waals surface area contributed by atoms with Crippen molar-refractivity contribution in [3.8, 4) is 0 Å². The highest BCUT2D eigenvalue weighted by Gasteiger charge is 2.20. The zero-order valence-electron chi connectivity index (χ0n) is 9.77. The number of thioether (sulfide) groups is 1. The molecule has 2 heterocycles. The number of nitrogens with one attached hydrogen (secondary N) is 1. The Morgan fingerprint density at radius 1 is 1.22 bits per heavy atom. The highest BCUT2D eigenvalue weighted by molar-refractivity contribution is 9.10. The second-order valence-electron chi connectivity index (χ2n) is 4.21. The van der Waals surface area contributed by atoms with E-state index in [1.54, 1.807) is 6.20 Å². The van der Waals surface area contributed by atoms with Gasteiger partial charge in [-0.15, -0.1) is 11.8 Å². The molecule has 0 aliphatic carbocycles. The van der Waals surface area contributed by atoms with Gasteiger partial charge in [0.25, 0.3) is 0 Å². The summed E-state index contributed by atoms with van der Waals surface area (Å²) in [6.45, 7) is 0. The summed E-state index contributed by atoms with van der Waals surface area (Å²) in [5.74, 6) is 1.16. The molecular formula is C14H13BrN2S.